The van der Waals surface area contributed by atoms with Crippen LogP contribution in [-0.2, 0) is 15.1 Å². The third kappa shape index (κ3) is 3.13. The summed E-state index contributed by atoms with van der Waals surface area (Å²) in [5.74, 6) is 1.33. The van der Waals surface area contributed by atoms with Gasteiger partial charge in [-0.25, -0.2) is 0 Å². The Morgan fingerprint density at radius 1 is 1.42 bits per heavy atom. The summed E-state index contributed by atoms with van der Waals surface area (Å²) < 4.78 is 16.3. The van der Waals surface area contributed by atoms with Crippen molar-refractivity contribution in [2.24, 2.45) is 0 Å². The maximum absolute atomic E-state index is 5.52. The van der Waals surface area contributed by atoms with Crippen LogP contribution in [0.2, 0.25) is 0 Å². The monoisotopic (exact) mass is 269 g/mol. The van der Waals surface area contributed by atoms with E-state index in [4.69, 9.17) is 14.0 Å². The van der Waals surface area contributed by atoms with Crippen LogP contribution < -0.4 is 5.32 Å². The van der Waals surface area contributed by atoms with Gasteiger partial charge in [0.1, 0.15) is 5.60 Å². The largest absolute Gasteiger partial charge is 0.379 e. The van der Waals surface area contributed by atoms with Crippen molar-refractivity contribution in [3.8, 4) is 0 Å². The highest BCUT2D eigenvalue weighted by atomic mass is 16.5. The highest BCUT2D eigenvalue weighted by Gasteiger charge is 2.35. The van der Waals surface area contributed by atoms with Gasteiger partial charge in [-0.1, -0.05) is 12.1 Å². The van der Waals surface area contributed by atoms with Crippen molar-refractivity contribution in [1.29, 1.82) is 0 Å². The van der Waals surface area contributed by atoms with E-state index in [0.29, 0.717) is 24.9 Å². The van der Waals surface area contributed by atoms with Gasteiger partial charge in [0.15, 0.2) is 0 Å². The molecule has 1 N–H and O–H groups in total. The van der Waals surface area contributed by atoms with Gasteiger partial charge in [0.2, 0.25) is 11.7 Å². The summed E-state index contributed by atoms with van der Waals surface area (Å²) >= 11 is 0. The molecule has 0 radical (unpaired) electrons. The molecule has 0 spiro atoms. The summed E-state index contributed by atoms with van der Waals surface area (Å²) in [4.78, 5) is 4.47. The minimum absolute atomic E-state index is 0.125. The number of aromatic nitrogens is 2. The zero-order valence-corrected chi connectivity index (χ0v) is 12.1. The summed E-state index contributed by atoms with van der Waals surface area (Å²) in [7, 11) is 1.64. The van der Waals surface area contributed by atoms with E-state index in [2.05, 4.69) is 22.4 Å². The molecule has 0 bridgehead atoms. The Bertz CT molecular complexity index is 406. The van der Waals surface area contributed by atoms with E-state index in [1.807, 2.05) is 13.8 Å². The number of methoxy groups -OCH3 is 1. The van der Waals surface area contributed by atoms with Gasteiger partial charge in [-0.2, -0.15) is 4.98 Å². The highest BCUT2D eigenvalue weighted by molar-refractivity contribution is 5.05. The average Bonchev–Trinajstić information content (AvgIpc) is 3.04. The van der Waals surface area contributed by atoms with E-state index in [1.165, 1.54) is 0 Å². The lowest BCUT2D eigenvalue weighted by atomic mass is 10.0. The Labute approximate surface area is 113 Å². The Morgan fingerprint density at radius 3 is 2.89 bits per heavy atom. The van der Waals surface area contributed by atoms with Crippen molar-refractivity contribution in [3.63, 3.8) is 0 Å². The van der Waals surface area contributed by atoms with Crippen LogP contribution in [0.4, 0.5) is 0 Å². The van der Waals surface area contributed by atoms with E-state index >= 15 is 0 Å². The van der Waals surface area contributed by atoms with Crippen LogP contribution in [0, 0.1) is 0 Å². The Hall–Kier alpha value is -0.980. The summed E-state index contributed by atoms with van der Waals surface area (Å²) in [6, 6.07) is 0.249. The molecule has 6 nitrogen and oxygen atoms in total. The first-order valence-electron chi connectivity index (χ1n) is 6.79. The van der Waals surface area contributed by atoms with E-state index in [1.54, 1.807) is 7.11 Å². The van der Waals surface area contributed by atoms with Crippen LogP contribution in [0.1, 0.15) is 44.8 Å². The number of ether oxygens (including phenoxy) is 2. The summed E-state index contributed by atoms with van der Waals surface area (Å²) in [6.07, 6.45) is 1.09. The topological polar surface area (TPSA) is 69.4 Å². The van der Waals surface area contributed by atoms with Crippen LogP contribution in [0.15, 0.2) is 4.52 Å². The smallest absolute Gasteiger partial charge is 0.233 e. The SMILES string of the molecule is CCCNC1COCC1c1nc(C(C)(C)OC)no1. The van der Waals surface area contributed by atoms with Gasteiger partial charge in [-0.15, -0.1) is 0 Å². The van der Waals surface area contributed by atoms with E-state index < -0.39 is 5.60 Å². The molecule has 2 rings (SSSR count). The van der Waals surface area contributed by atoms with Gasteiger partial charge in [0.05, 0.1) is 19.1 Å². The van der Waals surface area contributed by atoms with Crippen molar-refractivity contribution in [1.82, 2.24) is 15.5 Å². The predicted molar refractivity (Wildman–Crippen MR) is 70.0 cm³/mol. The number of nitrogens with zero attached hydrogens (tertiary/aromatic N) is 2. The number of nitrogens with one attached hydrogen (secondary N) is 1. The second-order valence-electron chi connectivity index (χ2n) is 5.38. The summed E-state index contributed by atoms with van der Waals surface area (Å²) in [6.45, 7) is 8.25. The molecule has 1 fully saturated rings. The van der Waals surface area contributed by atoms with Gasteiger partial charge in [-0.3, -0.25) is 0 Å². The van der Waals surface area contributed by atoms with Crippen LogP contribution in [0.25, 0.3) is 0 Å². The highest BCUT2D eigenvalue weighted by Crippen LogP contribution is 2.27. The lowest BCUT2D eigenvalue weighted by molar-refractivity contribution is 0.00973. The second kappa shape index (κ2) is 5.98. The van der Waals surface area contributed by atoms with Crippen molar-refractivity contribution in [2.75, 3.05) is 26.9 Å². The molecule has 2 heterocycles. The maximum atomic E-state index is 5.52. The zero-order valence-electron chi connectivity index (χ0n) is 12.1. The molecule has 0 amide bonds. The van der Waals surface area contributed by atoms with E-state index in [9.17, 15) is 0 Å². The van der Waals surface area contributed by atoms with Crippen LogP contribution >= 0.6 is 0 Å². The van der Waals surface area contributed by atoms with Gasteiger partial charge in [-0.05, 0) is 26.8 Å². The van der Waals surface area contributed by atoms with Crippen molar-refractivity contribution in [2.45, 2.75) is 44.8 Å². The van der Waals surface area contributed by atoms with Gasteiger partial charge >= 0.3 is 0 Å². The minimum atomic E-state index is -0.534. The molecule has 108 valence electrons. The first kappa shape index (κ1) is 14.4. The normalized spacial score (nSPS) is 24.0. The van der Waals surface area contributed by atoms with Gasteiger partial charge in [0, 0.05) is 13.2 Å². The third-order valence-electron chi connectivity index (χ3n) is 3.54. The standard InChI is InChI=1S/C13H23N3O3/c1-5-6-14-10-8-18-7-9(10)11-15-12(16-19-11)13(2,3)17-4/h9-10,14H,5-8H2,1-4H3. The predicted octanol–water partition coefficient (Wildman–Crippen LogP) is 1.43. The quantitative estimate of drug-likeness (QED) is 0.842. The molecule has 1 aliphatic rings. The summed E-state index contributed by atoms with van der Waals surface area (Å²) in [5, 5.41) is 7.48. The summed E-state index contributed by atoms with van der Waals surface area (Å²) in [5.41, 5.74) is -0.534. The molecular formula is C13H23N3O3. The molecular weight excluding hydrogens is 246 g/mol. The number of hydrogen-bond donors (Lipinski definition) is 1. The van der Waals surface area contributed by atoms with E-state index in [-0.39, 0.29) is 12.0 Å². The van der Waals surface area contributed by atoms with Crippen molar-refractivity contribution < 1.29 is 14.0 Å². The van der Waals surface area contributed by atoms with Gasteiger partial charge in [0.25, 0.3) is 0 Å². The van der Waals surface area contributed by atoms with Crippen LogP contribution in [-0.4, -0.2) is 43.1 Å². The van der Waals surface area contributed by atoms with Crippen LogP contribution in [0.5, 0.6) is 0 Å². The molecule has 1 saturated heterocycles. The number of hydrogen-bond acceptors (Lipinski definition) is 6. The molecule has 6 heteroatoms. The zero-order chi connectivity index (χ0) is 13.9. The molecule has 1 aliphatic heterocycles. The second-order valence-corrected chi connectivity index (χ2v) is 5.38. The molecule has 0 aliphatic carbocycles. The fraction of sp³-hybridized carbons (Fsp3) is 0.846. The molecule has 0 saturated carbocycles. The Morgan fingerprint density at radius 2 is 2.21 bits per heavy atom. The van der Waals surface area contributed by atoms with Crippen molar-refractivity contribution in [3.05, 3.63) is 11.7 Å². The Kier molecular flexibility index (Phi) is 4.54. The molecule has 1 aromatic heterocycles. The van der Waals surface area contributed by atoms with Crippen LogP contribution in [0.3, 0.4) is 0 Å². The molecule has 2 atom stereocenters. The first-order valence-corrected chi connectivity index (χ1v) is 6.79. The molecule has 2 unspecified atom stereocenters. The van der Waals surface area contributed by atoms with Gasteiger partial charge < -0.3 is 19.3 Å². The molecule has 19 heavy (non-hydrogen) atoms. The number of rotatable bonds is 6. The fourth-order valence-corrected chi connectivity index (χ4v) is 2.05. The lowest BCUT2D eigenvalue weighted by Crippen LogP contribution is -2.35. The van der Waals surface area contributed by atoms with Crippen molar-refractivity contribution >= 4 is 0 Å². The molecule has 1 aromatic rings. The molecule has 0 aromatic carbocycles. The minimum Gasteiger partial charge on any atom is -0.379 e. The van der Waals surface area contributed by atoms with E-state index in [0.717, 1.165) is 13.0 Å². The fourth-order valence-electron chi connectivity index (χ4n) is 2.05. The third-order valence-corrected chi connectivity index (χ3v) is 3.54. The first-order chi connectivity index (χ1) is 9.08. The lowest BCUT2D eigenvalue weighted by Gasteiger charge is -2.18. The maximum Gasteiger partial charge on any atom is 0.233 e. The average molecular weight is 269 g/mol. The Balaban J connectivity index is 2.09.